The van der Waals surface area contributed by atoms with Gasteiger partial charge in [-0.3, -0.25) is 0 Å². The van der Waals surface area contributed by atoms with E-state index in [1.165, 1.54) is 5.56 Å². The van der Waals surface area contributed by atoms with Gasteiger partial charge in [0.2, 0.25) is 0 Å². The number of furan rings is 1. The summed E-state index contributed by atoms with van der Waals surface area (Å²) in [5.41, 5.74) is 7.76. The van der Waals surface area contributed by atoms with Gasteiger partial charge in [-0.2, -0.15) is 0 Å². The molecule has 2 aromatic rings. The Labute approximate surface area is 102 Å². The first-order valence-electron chi connectivity index (χ1n) is 5.92. The molecule has 0 fully saturated rings. The molecule has 0 saturated carbocycles. The predicted molar refractivity (Wildman–Crippen MR) is 69.8 cm³/mol. The van der Waals surface area contributed by atoms with Crippen molar-refractivity contribution in [2.45, 2.75) is 12.8 Å². The smallest absolute Gasteiger partial charge is 0.105 e. The molecule has 0 saturated heterocycles. The molecule has 0 aliphatic carbocycles. The van der Waals surface area contributed by atoms with Crippen molar-refractivity contribution in [3.05, 3.63) is 54.0 Å². The van der Waals surface area contributed by atoms with Crippen molar-refractivity contribution in [1.82, 2.24) is 5.32 Å². The van der Waals surface area contributed by atoms with E-state index >= 15 is 0 Å². The summed E-state index contributed by atoms with van der Waals surface area (Å²) in [6.07, 6.45) is 3.68. The zero-order valence-electron chi connectivity index (χ0n) is 9.86. The first-order valence-corrected chi connectivity index (χ1v) is 5.92. The maximum atomic E-state index is 5.63. The second-order valence-electron chi connectivity index (χ2n) is 4.07. The highest BCUT2D eigenvalue weighted by molar-refractivity contribution is 5.39. The van der Waals surface area contributed by atoms with Gasteiger partial charge < -0.3 is 15.5 Å². The maximum absolute atomic E-state index is 5.63. The van der Waals surface area contributed by atoms with E-state index in [0.29, 0.717) is 0 Å². The highest BCUT2D eigenvalue weighted by Gasteiger charge is 1.96. The van der Waals surface area contributed by atoms with Crippen LogP contribution < -0.4 is 11.1 Å². The molecular formula is C14H18N2O. The zero-order chi connectivity index (χ0) is 11.9. The van der Waals surface area contributed by atoms with Crippen LogP contribution in [0.15, 0.2) is 47.1 Å². The summed E-state index contributed by atoms with van der Waals surface area (Å²) in [6, 6.07) is 12.0. The molecule has 3 N–H and O–H groups in total. The van der Waals surface area contributed by atoms with Gasteiger partial charge >= 0.3 is 0 Å². The fraction of sp³-hybridized carbons (Fsp3) is 0.286. The number of nitrogen functional groups attached to an aromatic ring is 1. The van der Waals surface area contributed by atoms with Gasteiger partial charge in [0, 0.05) is 18.7 Å². The lowest BCUT2D eigenvalue weighted by atomic mass is 10.1. The van der Waals surface area contributed by atoms with E-state index in [9.17, 15) is 0 Å². The van der Waals surface area contributed by atoms with E-state index < -0.39 is 0 Å². The van der Waals surface area contributed by atoms with E-state index in [0.717, 1.165) is 37.4 Å². The molecule has 0 spiro atoms. The van der Waals surface area contributed by atoms with E-state index in [1.54, 1.807) is 6.26 Å². The Morgan fingerprint density at radius 1 is 1.00 bits per heavy atom. The molecule has 0 aliphatic heterocycles. The van der Waals surface area contributed by atoms with Crippen LogP contribution in [-0.2, 0) is 12.8 Å². The minimum atomic E-state index is 0.819. The Morgan fingerprint density at radius 3 is 2.47 bits per heavy atom. The monoisotopic (exact) mass is 230 g/mol. The lowest BCUT2D eigenvalue weighted by Gasteiger charge is -2.04. The molecule has 1 aromatic carbocycles. The summed E-state index contributed by atoms with van der Waals surface area (Å²) in [4.78, 5) is 0. The average Bonchev–Trinajstić information content (AvgIpc) is 2.84. The van der Waals surface area contributed by atoms with E-state index in [-0.39, 0.29) is 0 Å². The summed E-state index contributed by atoms with van der Waals surface area (Å²) in [6.45, 7) is 1.92. The van der Waals surface area contributed by atoms with Crippen molar-refractivity contribution in [3.63, 3.8) is 0 Å². The number of hydrogen-bond donors (Lipinski definition) is 2. The maximum Gasteiger partial charge on any atom is 0.105 e. The van der Waals surface area contributed by atoms with E-state index in [1.807, 2.05) is 24.3 Å². The fourth-order valence-electron chi connectivity index (χ4n) is 1.71. The number of benzene rings is 1. The summed E-state index contributed by atoms with van der Waals surface area (Å²) >= 11 is 0. The number of anilines is 1. The lowest BCUT2D eigenvalue weighted by molar-refractivity contribution is 0.499. The molecule has 1 aromatic heterocycles. The lowest BCUT2D eigenvalue weighted by Crippen LogP contribution is -2.19. The van der Waals surface area contributed by atoms with Gasteiger partial charge in [0.15, 0.2) is 0 Å². The highest BCUT2D eigenvalue weighted by atomic mass is 16.3. The van der Waals surface area contributed by atoms with Gasteiger partial charge in [-0.1, -0.05) is 12.1 Å². The van der Waals surface area contributed by atoms with Gasteiger partial charge in [-0.25, -0.2) is 0 Å². The number of rotatable bonds is 6. The van der Waals surface area contributed by atoms with Gasteiger partial charge in [0.1, 0.15) is 5.76 Å². The minimum absolute atomic E-state index is 0.819. The number of hydrogen-bond acceptors (Lipinski definition) is 3. The largest absolute Gasteiger partial charge is 0.469 e. The summed E-state index contributed by atoms with van der Waals surface area (Å²) < 4.78 is 5.26. The van der Waals surface area contributed by atoms with Crippen LogP contribution in [0.5, 0.6) is 0 Å². The number of nitrogens with two attached hydrogens (primary N) is 1. The van der Waals surface area contributed by atoms with E-state index in [4.69, 9.17) is 10.2 Å². The summed E-state index contributed by atoms with van der Waals surface area (Å²) in [7, 11) is 0. The van der Waals surface area contributed by atoms with Crippen molar-refractivity contribution < 1.29 is 4.42 Å². The zero-order valence-corrected chi connectivity index (χ0v) is 9.86. The van der Waals surface area contributed by atoms with Crippen LogP contribution in [0.3, 0.4) is 0 Å². The first-order chi connectivity index (χ1) is 8.34. The second kappa shape index (κ2) is 6.11. The Hall–Kier alpha value is -1.74. The average molecular weight is 230 g/mol. The standard InChI is InChI=1S/C14H18N2O/c15-13-5-3-12(4-6-13)7-9-16-10-8-14-2-1-11-17-14/h1-6,11,16H,7-10,15H2. The molecule has 0 aliphatic rings. The van der Waals surface area contributed by atoms with Gasteiger partial charge in [-0.05, 0) is 42.8 Å². The third kappa shape index (κ3) is 3.96. The van der Waals surface area contributed by atoms with Crippen LogP contribution in [0, 0.1) is 0 Å². The Kier molecular flexibility index (Phi) is 4.22. The number of nitrogens with one attached hydrogen (secondary N) is 1. The molecule has 0 atom stereocenters. The van der Waals surface area contributed by atoms with Gasteiger partial charge in [-0.15, -0.1) is 0 Å². The Morgan fingerprint density at radius 2 is 1.76 bits per heavy atom. The van der Waals surface area contributed by atoms with Crippen LogP contribution >= 0.6 is 0 Å². The Balaban J connectivity index is 1.61. The van der Waals surface area contributed by atoms with Crippen molar-refractivity contribution in [1.29, 1.82) is 0 Å². The van der Waals surface area contributed by atoms with Crippen LogP contribution in [0.25, 0.3) is 0 Å². The molecule has 90 valence electrons. The fourth-order valence-corrected chi connectivity index (χ4v) is 1.71. The van der Waals surface area contributed by atoms with Crippen molar-refractivity contribution >= 4 is 5.69 Å². The highest BCUT2D eigenvalue weighted by Crippen LogP contribution is 2.05. The van der Waals surface area contributed by atoms with Crippen molar-refractivity contribution in [2.24, 2.45) is 0 Å². The van der Waals surface area contributed by atoms with Gasteiger partial charge in [0.05, 0.1) is 6.26 Å². The third-order valence-corrected chi connectivity index (χ3v) is 2.70. The van der Waals surface area contributed by atoms with Crippen molar-refractivity contribution in [3.8, 4) is 0 Å². The van der Waals surface area contributed by atoms with E-state index in [2.05, 4.69) is 17.4 Å². The van der Waals surface area contributed by atoms with Crippen molar-refractivity contribution in [2.75, 3.05) is 18.8 Å². The summed E-state index contributed by atoms with van der Waals surface area (Å²) in [5.74, 6) is 1.03. The Bertz CT molecular complexity index is 420. The molecule has 0 unspecified atom stereocenters. The third-order valence-electron chi connectivity index (χ3n) is 2.70. The SMILES string of the molecule is Nc1ccc(CCNCCc2ccco2)cc1. The van der Waals surface area contributed by atoms with Crippen LogP contribution in [-0.4, -0.2) is 13.1 Å². The molecule has 1 heterocycles. The molecule has 2 rings (SSSR count). The second-order valence-corrected chi connectivity index (χ2v) is 4.07. The summed E-state index contributed by atoms with van der Waals surface area (Å²) in [5, 5.41) is 3.40. The molecule has 3 heteroatoms. The normalized spacial score (nSPS) is 10.6. The van der Waals surface area contributed by atoms with Crippen LogP contribution in [0.1, 0.15) is 11.3 Å². The first kappa shape index (κ1) is 11.7. The van der Waals surface area contributed by atoms with Gasteiger partial charge in [0.25, 0.3) is 0 Å². The molecular weight excluding hydrogens is 212 g/mol. The quantitative estimate of drug-likeness (QED) is 0.591. The molecule has 0 radical (unpaired) electrons. The van der Waals surface area contributed by atoms with Crippen LogP contribution in [0.2, 0.25) is 0 Å². The molecule has 0 bridgehead atoms. The molecule has 0 amide bonds. The van der Waals surface area contributed by atoms with Crippen LogP contribution in [0.4, 0.5) is 5.69 Å². The minimum Gasteiger partial charge on any atom is -0.469 e. The molecule has 3 nitrogen and oxygen atoms in total. The molecule has 17 heavy (non-hydrogen) atoms. The predicted octanol–water partition coefficient (Wildman–Crippen LogP) is 2.24. The topological polar surface area (TPSA) is 51.2 Å².